The molecule has 0 aromatic rings. The molecule has 1 heteroatoms. The van der Waals surface area contributed by atoms with Gasteiger partial charge in [0.2, 0.25) is 0 Å². The predicted molar refractivity (Wildman–Crippen MR) is 42.8 cm³/mol. The fraction of sp³-hybridized carbons (Fsp3) is 1.00. The van der Waals surface area contributed by atoms with Gasteiger partial charge in [-0.3, -0.25) is 0 Å². The highest BCUT2D eigenvalue weighted by atomic mass is 14.9. The van der Waals surface area contributed by atoms with Crippen LogP contribution in [-0.4, -0.2) is 6.04 Å². The standard InChI is InChI=1S/C10H15N/c11-9-7-5-1-2-6(8(7)9)10(5)3-4-10/h5-9H,1-4,11H2. The maximum absolute atomic E-state index is 6.04. The number of rotatable bonds is 0. The van der Waals surface area contributed by atoms with Crippen molar-refractivity contribution in [2.45, 2.75) is 31.7 Å². The molecule has 0 aliphatic heterocycles. The second kappa shape index (κ2) is 1.28. The molecule has 1 nitrogen and oxygen atoms in total. The summed E-state index contributed by atoms with van der Waals surface area (Å²) in [6, 6.07) is 0.638. The first-order valence-electron chi connectivity index (χ1n) is 5.10. The summed E-state index contributed by atoms with van der Waals surface area (Å²) in [5, 5.41) is 0. The molecule has 4 aliphatic carbocycles. The van der Waals surface area contributed by atoms with Crippen LogP contribution >= 0.6 is 0 Å². The Morgan fingerprint density at radius 1 is 1.00 bits per heavy atom. The SMILES string of the molecule is NC1C2C1C1CCC2C12CC2. The van der Waals surface area contributed by atoms with Gasteiger partial charge in [0.1, 0.15) is 0 Å². The van der Waals surface area contributed by atoms with E-state index in [4.69, 9.17) is 5.73 Å². The van der Waals surface area contributed by atoms with Gasteiger partial charge in [-0.1, -0.05) is 0 Å². The van der Waals surface area contributed by atoms with Crippen LogP contribution < -0.4 is 5.73 Å². The molecule has 0 radical (unpaired) electrons. The molecule has 0 saturated heterocycles. The highest BCUT2D eigenvalue weighted by molar-refractivity contribution is 5.27. The van der Waals surface area contributed by atoms with Crippen molar-refractivity contribution in [3.05, 3.63) is 0 Å². The van der Waals surface area contributed by atoms with Crippen LogP contribution in [0.2, 0.25) is 0 Å². The minimum absolute atomic E-state index is 0.638. The summed E-state index contributed by atoms with van der Waals surface area (Å²) in [7, 11) is 0. The third-order valence-corrected chi connectivity index (χ3v) is 5.21. The van der Waals surface area contributed by atoms with Crippen molar-refractivity contribution in [3.8, 4) is 0 Å². The molecule has 4 saturated carbocycles. The van der Waals surface area contributed by atoms with Crippen molar-refractivity contribution in [2.24, 2.45) is 34.8 Å². The number of hydrogen-bond acceptors (Lipinski definition) is 1. The first kappa shape index (κ1) is 5.58. The van der Waals surface area contributed by atoms with E-state index in [1.54, 1.807) is 12.8 Å². The molecule has 1 spiro atoms. The molecule has 0 amide bonds. The molecule has 2 N–H and O–H groups in total. The van der Waals surface area contributed by atoms with E-state index < -0.39 is 0 Å². The van der Waals surface area contributed by atoms with E-state index in [1.807, 2.05) is 0 Å². The van der Waals surface area contributed by atoms with E-state index in [2.05, 4.69) is 0 Å². The lowest BCUT2D eigenvalue weighted by molar-refractivity contribution is 0.308. The minimum atomic E-state index is 0.638. The molecule has 4 fully saturated rings. The molecule has 4 rings (SSSR count). The van der Waals surface area contributed by atoms with Crippen LogP contribution in [0, 0.1) is 29.1 Å². The Kier molecular flexibility index (Phi) is 0.651. The fourth-order valence-electron chi connectivity index (χ4n) is 4.70. The van der Waals surface area contributed by atoms with Crippen LogP contribution in [0.15, 0.2) is 0 Å². The summed E-state index contributed by atoms with van der Waals surface area (Å²) in [5.74, 6) is 4.17. The number of fused-ring (bicyclic) bond motifs is 3. The van der Waals surface area contributed by atoms with Crippen LogP contribution in [0.4, 0.5) is 0 Å². The molecule has 4 atom stereocenters. The highest BCUT2D eigenvalue weighted by Crippen LogP contribution is 2.80. The maximum Gasteiger partial charge on any atom is 0.0108 e. The normalized spacial score (nSPS) is 66.8. The van der Waals surface area contributed by atoms with Crippen LogP contribution in [0.1, 0.15) is 25.7 Å². The van der Waals surface area contributed by atoms with Gasteiger partial charge < -0.3 is 5.73 Å². The number of hydrogen-bond donors (Lipinski definition) is 1. The Morgan fingerprint density at radius 3 is 2.00 bits per heavy atom. The first-order chi connectivity index (χ1) is 5.34. The van der Waals surface area contributed by atoms with E-state index in [0.717, 1.165) is 29.1 Å². The summed E-state index contributed by atoms with van der Waals surface area (Å²) in [5.41, 5.74) is 6.94. The number of nitrogens with two attached hydrogens (primary N) is 1. The lowest BCUT2D eigenvalue weighted by atomic mass is 9.88. The second-order valence-corrected chi connectivity index (χ2v) is 5.26. The van der Waals surface area contributed by atoms with Gasteiger partial charge in [-0.05, 0) is 54.8 Å². The predicted octanol–water partition coefficient (Wildman–Crippen LogP) is 1.38. The fourth-order valence-corrected chi connectivity index (χ4v) is 4.70. The Balaban J connectivity index is 1.83. The molecular weight excluding hydrogens is 134 g/mol. The molecule has 0 aromatic heterocycles. The van der Waals surface area contributed by atoms with Crippen molar-refractivity contribution >= 4 is 0 Å². The van der Waals surface area contributed by atoms with E-state index in [1.165, 1.54) is 12.8 Å². The minimum Gasteiger partial charge on any atom is -0.327 e. The van der Waals surface area contributed by atoms with Crippen LogP contribution in [0.3, 0.4) is 0 Å². The van der Waals surface area contributed by atoms with Gasteiger partial charge in [-0.2, -0.15) is 0 Å². The summed E-state index contributed by atoms with van der Waals surface area (Å²) >= 11 is 0. The van der Waals surface area contributed by atoms with Gasteiger partial charge >= 0.3 is 0 Å². The van der Waals surface area contributed by atoms with Crippen LogP contribution in [0.25, 0.3) is 0 Å². The molecule has 11 heavy (non-hydrogen) atoms. The third kappa shape index (κ3) is 0.395. The lowest BCUT2D eigenvalue weighted by Crippen LogP contribution is -2.21. The smallest absolute Gasteiger partial charge is 0.0108 e. The summed E-state index contributed by atoms with van der Waals surface area (Å²) < 4.78 is 0. The van der Waals surface area contributed by atoms with Crippen LogP contribution in [-0.2, 0) is 0 Å². The Labute approximate surface area is 67.3 Å². The van der Waals surface area contributed by atoms with Crippen molar-refractivity contribution in [1.29, 1.82) is 0 Å². The molecule has 2 bridgehead atoms. The van der Waals surface area contributed by atoms with Crippen LogP contribution in [0.5, 0.6) is 0 Å². The van der Waals surface area contributed by atoms with E-state index in [-0.39, 0.29) is 0 Å². The monoisotopic (exact) mass is 149 g/mol. The van der Waals surface area contributed by atoms with Crippen molar-refractivity contribution in [1.82, 2.24) is 0 Å². The Hall–Kier alpha value is -0.0400. The molecule has 60 valence electrons. The van der Waals surface area contributed by atoms with E-state index in [0.29, 0.717) is 6.04 Å². The second-order valence-electron chi connectivity index (χ2n) is 5.26. The summed E-state index contributed by atoms with van der Waals surface area (Å²) in [4.78, 5) is 0. The average Bonchev–Trinajstić information content (AvgIpc) is 2.82. The Bertz CT molecular complexity index is 211. The van der Waals surface area contributed by atoms with Crippen molar-refractivity contribution in [3.63, 3.8) is 0 Å². The zero-order valence-corrected chi connectivity index (χ0v) is 6.79. The van der Waals surface area contributed by atoms with Gasteiger partial charge in [0.25, 0.3) is 0 Å². The van der Waals surface area contributed by atoms with Gasteiger partial charge in [-0.15, -0.1) is 0 Å². The zero-order chi connectivity index (χ0) is 7.22. The average molecular weight is 149 g/mol. The maximum atomic E-state index is 6.04. The molecule has 0 heterocycles. The van der Waals surface area contributed by atoms with Crippen molar-refractivity contribution in [2.75, 3.05) is 0 Å². The van der Waals surface area contributed by atoms with Gasteiger partial charge in [0, 0.05) is 6.04 Å². The molecular formula is C10H15N. The van der Waals surface area contributed by atoms with Gasteiger partial charge in [0.15, 0.2) is 0 Å². The Morgan fingerprint density at radius 2 is 1.55 bits per heavy atom. The molecule has 4 unspecified atom stereocenters. The molecule has 4 aliphatic rings. The van der Waals surface area contributed by atoms with Gasteiger partial charge in [-0.25, -0.2) is 0 Å². The first-order valence-corrected chi connectivity index (χ1v) is 5.10. The van der Waals surface area contributed by atoms with Gasteiger partial charge in [0.05, 0.1) is 0 Å². The summed E-state index contributed by atoms with van der Waals surface area (Å²) in [6.07, 6.45) is 6.17. The summed E-state index contributed by atoms with van der Waals surface area (Å²) in [6.45, 7) is 0. The largest absolute Gasteiger partial charge is 0.327 e. The van der Waals surface area contributed by atoms with Crippen molar-refractivity contribution < 1.29 is 0 Å². The van der Waals surface area contributed by atoms with E-state index in [9.17, 15) is 0 Å². The quantitative estimate of drug-likeness (QED) is 0.553. The topological polar surface area (TPSA) is 26.0 Å². The zero-order valence-electron chi connectivity index (χ0n) is 6.79. The lowest BCUT2D eigenvalue weighted by Gasteiger charge is -2.18. The third-order valence-electron chi connectivity index (χ3n) is 5.21. The van der Waals surface area contributed by atoms with E-state index >= 15 is 0 Å². The molecule has 0 aromatic carbocycles. The highest BCUT2D eigenvalue weighted by Gasteiger charge is 2.77.